The van der Waals surface area contributed by atoms with E-state index in [0.29, 0.717) is 16.7 Å². The van der Waals surface area contributed by atoms with Gasteiger partial charge in [0.1, 0.15) is 10.0 Å². The van der Waals surface area contributed by atoms with Gasteiger partial charge in [0.25, 0.3) is 0 Å². The maximum absolute atomic E-state index is 11.0. The molecule has 5 rings (SSSR count). The zero-order chi connectivity index (χ0) is 22.1. The lowest BCUT2D eigenvalue weighted by atomic mass is 10.1. The van der Waals surface area contributed by atoms with Crippen molar-refractivity contribution in [1.82, 2.24) is 15.2 Å². The van der Waals surface area contributed by atoms with Crippen molar-refractivity contribution in [2.75, 3.05) is 0 Å². The number of carboxylic acids is 1. The molecule has 0 aliphatic rings. The highest BCUT2D eigenvalue weighted by atomic mass is 35.5. The van der Waals surface area contributed by atoms with E-state index in [1.165, 1.54) is 23.5 Å². The van der Waals surface area contributed by atoms with Gasteiger partial charge in [0.15, 0.2) is 5.76 Å². The molecule has 32 heavy (non-hydrogen) atoms. The van der Waals surface area contributed by atoms with Crippen LogP contribution in [0.1, 0.15) is 10.4 Å². The Morgan fingerprint density at radius 3 is 2.22 bits per heavy atom. The molecule has 0 aliphatic heterocycles. The summed E-state index contributed by atoms with van der Waals surface area (Å²) >= 11 is 7.46. The van der Waals surface area contributed by atoms with Gasteiger partial charge in [-0.1, -0.05) is 59.3 Å². The van der Waals surface area contributed by atoms with Crippen molar-refractivity contribution in [3.63, 3.8) is 0 Å². The van der Waals surface area contributed by atoms with Crippen LogP contribution in [0.2, 0.25) is 5.02 Å². The summed E-state index contributed by atoms with van der Waals surface area (Å²) in [7, 11) is 0. The van der Waals surface area contributed by atoms with Crippen molar-refractivity contribution >= 4 is 28.9 Å². The van der Waals surface area contributed by atoms with Crippen molar-refractivity contribution in [3.8, 4) is 43.9 Å². The molecule has 5 aromatic rings. The first-order chi connectivity index (χ1) is 15.6. The fourth-order valence-corrected chi connectivity index (χ4v) is 4.12. The predicted molar refractivity (Wildman–Crippen MR) is 124 cm³/mol. The van der Waals surface area contributed by atoms with E-state index < -0.39 is 5.97 Å². The summed E-state index contributed by atoms with van der Waals surface area (Å²) in [5.74, 6) is 0.0532. The van der Waals surface area contributed by atoms with E-state index in [1.807, 2.05) is 48.5 Å². The first-order valence-electron chi connectivity index (χ1n) is 9.57. The summed E-state index contributed by atoms with van der Waals surface area (Å²) in [5, 5.41) is 20.0. The molecule has 0 atom stereocenters. The number of nitrogens with zero attached hydrogens (tertiary/aromatic N) is 3. The minimum atomic E-state index is -0.970. The van der Waals surface area contributed by atoms with Crippen molar-refractivity contribution < 1.29 is 14.3 Å². The van der Waals surface area contributed by atoms with Crippen molar-refractivity contribution in [2.45, 2.75) is 0 Å². The quantitative estimate of drug-likeness (QED) is 0.320. The minimum absolute atomic E-state index is 0.219. The second-order valence-corrected chi connectivity index (χ2v) is 8.33. The number of aromatic carboxylic acids is 1. The molecule has 0 radical (unpaired) electrons. The summed E-state index contributed by atoms with van der Waals surface area (Å²) in [4.78, 5) is 15.4. The Kier molecular flexibility index (Phi) is 5.26. The lowest BCUT2D eigenvalue weighted by molar-refractivity contribution is 0.0697. The van der Waals surface area contributed by atoms with Crippen LogP contribution in [-0.4, -0.2) is 26.3 Å². The van der Waals surface area contributed by atoms with Gasteiger partial charge in [-0.25, -0.2) is 9.78 Å². The molecule has 0 bridgehead atoms. The van der Waals surface area contributed by atoms with Gasteiger partial charge in [-0.2, -0.15) is 0 Å². The van der Waals surface area contributed by atoms with Gasteiger partial charge in [-0.05, 0) is 36.4 Å². The predicted octanol–water partition coefficient (Wildman–Crippen LogP) is 6.55. The van der Waals surface area contributed by atoms with E-state index >= 15 is 0 Å². The van der Waals surface area contributed by atoms with E-state index in [-0.39, 0.29) is 5.56 Å². The Hall–Kier alpha value is -3.81. The first-order valence-corrected chi connectivity index (χ1v) is 10.8. The van der Waals surface area contributed by atoms with Crippen LogP contribution >= 0.6 is 22.9 Å². The van der Waals surface area contributed by atoms with Gasteiger partial charge in [0.2, 0.25) is 5.89 Å². The van der Waals surface area contributed by atoms with Crippen LogP contribution in [0.3, 0.4) is 0 Å². The molecule has 2 heterocycles. The summed E-state index contributed by atoms with van der Waals surface area (Å²) in [6.45, 7) is 0. The van der Waals surface area contributed by atoms with Gasteiger partial charge in [-0.3, -0.25) is 0 Å². The minimum Gasteiger partial charge on any atom is -0.478 e. The number of hydrogen-bond donors (Lipinski definition) is 1. The zero-order valence-electron chi connectivity index (χ0n) is 16.4. The van der Waals surface area contributed by atoms with Crippen molar-refractivity contribution in [2.24, 2.45) is 0 Å². The Bertz CT molecular complexity index is 1410. The Morgan fingerprint density at radius 1 is 0.844 bits per heavy atom. The molecule has 0 aliphatic carbocycles. The van der Waals surface area contributed by atoms with Crippen LogP contribution in [0, 0.1) is 0 Å². The molecule has 156 valence electrons. The van der Waals surface area contributed by atoms with Crippen LogP contribution in [-0.2, 0) is 0 Å². The van der Waals surface area contributed by atoms with Crippen LogP contribution in [0.25, 0.3) is 43.9 Å². The normalized spacial score (nSPS) is 10.9. The molecular formula is C24H14ClN3O3S. The number of carbonyl (C=O) groups is 1. The number of benzene rings is 3. The molecular weight excluding hydrogens is 446 g/mol. The molecule has 0 amide bonds. The zero-order valence-corrected chi connectivity index (χ0v) is 18.0. The average Bonchev–Trinajstić information content (AvgIpc) is 3.50. The Balaban J connectivity index is 1.41. The summed E-state index contributed by atoms with van der Waals surface area (Å²) < 4.78 is 5.93. The van der Waals surface area contributed by atoms with Gasteiger partial charge in [0.05, 0.1) is 11.8 Å². The molecule has 0 spiro atoms. The third kappa shape index (κ3) is 4.03. The highest BCUT2D eigenvalue weighted by Gasteiger charge is 2.13. The average molecular weight is 460 g/mol. The number of rotatable bonds is 5. The van der Waals surface area contributed by atoms with Crippen LogP contribution in [0.5, 0.6) is 0 Å². The standard InChI is InChI=1S/C24H14ClN3O3S/c25-19-10-8-15(9-11-19)22-27-28-23(32-22)18-3-1-2-17(12-18)21-26-13-20(31-21)14-4-6-16(7-5-14)24(29)30/h1-13H,(H,29,30). The number of carboxylic acid groups (broad SMARTS) is 1. The van der Waals surface area contributed by atoms with Crippen LogP contribution in [0.15, 0.2) is 83.4 Å². The second-order valence-electron chi connectivity index (χ2n) is 6.91. The van der Waals surface area contributed by atoms with Crippen LogP contribution in [0.4, 0.5) is 0 Å². The number of aromatic nitrogens is 3. The Morgan fingerprint density at radius 2 is 1.50 bits per heavy atom. The lowest BCUT2D eigenvalue weighted by Crippen LogP contribution is -1.94. The van der Waals surface area contributed by atoms with E-state index in [9.17, 15) is 4.79 Å². The number of oxazole rings is 1. The highest BCUT2D eigenvalue weighted by molar-refractivity contribution is 7.17. The van der Waals surface area contributed by atoms with Crippen molar-refractivity contribution in [1.29, 1.82) is 0 Å². The Labute approximate surface area is 191 Å². The van der Waals surface area contributed by atoms with Crippen LogP contribution < -0.4 is 0 Å². The van der Waals surface area contributed by atoms with Gasteiger partial charge >= 0.3 is 5.97 Å². The molecule has 3 aromatic carbocycles. The highest BCUT2D eigenvalue weighted by Crippen LogP contribution is 2.33. The molecule has 1 N–H and O–H groups in total. The number of hydrogen-bond acceptors (Lipinski definition) is 6. The molecule has 0 fully saturated rings. The maximum Gasteiger partial charge on any atom is 0.335 e. The fraction of sp³-hybridized carbons (Fsp3) is 0. The van der Waals surface area contributed by atoms with Gasteiger partial charge < -0.3 is 9.52 Å². The molecule has 6 nitrogen and oxygen atoms in total. The topological polar surface area (TPSA) is 89.1 Å². The largest absolute Gasteiger partial charge is 0.478 e. The molecule has 0 saturated heterocycles. The van der Waals surface area contributed by atoms with E-state index in [2.05, 4.69) is 15.2 Å². The number of halogens is 1. The summed E-state index contributed by atoms with van der Waals surface area (Å²) in [6, 6.07) is 21.7. The smallest absolute Gasteiger partial charge is 0.335 e. The monoisotopic (exact) mass is 459 g/mol. The first kappa shape index (κ1) is 20.1. The lowest BCUT2D eigenvalue weighted by Gasteiger charge is -2.00. The fourth-order valence-electron chi connectivity index (χ4n) is 3.15. The third-order valence-electron chi connectivity index (χ3n) is 4.79. The van der Waals surface area contributed by atoms with E-state index in [1.54, 1.807) is 18.3 Å². The molecule has 2 aromatic heterocycles. The molecule has 0 unspecified atom stereocenters. The van der Waals surface area contributed by atoms with Gasteiger partial charge in [-0.15, -0.1) is 10.2 Å². The summed E-state index contributed by atoms with van der Waals surface area (Å²) in [6.07, 6.45) is 1.63. The SMILES string of the molecule is O=C(O)c1ccc(-c2cnc(-c3cccc(-c4nnc(-c5ccc(Cl)cc5)s4)c3)o2)cc1. The van der Waals surface area contributed by atoms with Gasteiger partial charge in [0, 0.05) is 27.3 Å². The molecule has 0 saturated carbocycles. The summed E-state index contributed by atoms with van der Waals surface area (Å²) in [5.41, 5.74) is 3.64. The van der Waals surface area contributed by atoms with Crippen molar-refractivity contribution in [3.05, 3.63) is 89.6 Å². The maximum atomic E-state index is 11.0. The van der Waals surface area contributed by atoms with E-state index in [4.69, 9.17) is 21.1 Å². The third-order valence-corrected chi connectivity index (χ3v) is 6.07. The molecule has 8 heteroatoms. The second kappa shape index (κ2) is 8.37. The van der Waals surface area contributed by atoms with E-state index in [0.717, 1.165) is 32.3 Å².